The highest BCUT2D eigenvalue weighted by Crippen LogP contribution is 2.31. The minimum atomic E-state index is -0.788. The van der Waals surface area contributed by atoms with E-state index in [4.69, 9.17) is 4.74 Å². The third-order valence-electron chi connectivity index (χ3n) is 4.45. The fraction of sp³-hybridized carbons (Fsp3) is 0.0417. The molecule has 0 saturated carbocycles. The molecule has 30 heavy (non-hydrogen) atoms. The van der Waals surface area contributed by atoms with E-state index >= 15 is 0 Å². The summed E-state index contributed by atoms with van der Waals surface area (Å²) in [4.78, 5) is 16.9. The van der Waals surface area contributed by atoms with Crippen LogP contribution in [0.3, 0.4) is 0 Å². The zero-order valence-corrected chi connectivity index (χ0v) is 15.9. The summed E-state index contributed by atoms with van der Waals surface area (Å²) in [6.45, 7) is 0. The van der Waals surface area contributed by atoms with Crippen molar-refractivity contribution in [3.05, 3.63) is 120 Å². The monoisotopic (exact) mass is 399 g/mol. The molecule has 5 nitrogen and oxygen atoms in total. The van der Waals surface area contributed by atoms with Crippen molar-refractivity contribution in [2.75, 3.05) is 0 Å². The summed E-state index contributed by atoms with van der Waals surface area (Å²) in [5.41, 5.74) is 2.38. The number of benzene rings is 3. The lowest BCUT2D eigenvalue weighted by Crippen LogP contribution is -2.17. The largest absolute Gasteiger partial charge is 0.447 e. The minimum absolute atomic E-state index is 0.133. The highest BCUT2D eigenvalue weighted by atomic mass is 19.1. The van der Waals surface area contributed by atoms with Gasteiger partial charge in [0.2, 0.25) is 0 Å². The minimum Gasteiger partial charge on any atom is -0.447 e. The van der Waals surface area contributed by atoms with Gasteiger partial charge >= 0.3 is 5.97 Å². The number of aromatic nitrogens is 3. The molecular formula is C24H18FN3O2. The first-order valence-corrected chi connectivity index (χ1v) is 9.34. The molecule has 0 radical (unpaired) electrons. The second-order valence-electron chi connectivity index (χ2n) is 6.53. The predicted molar refractivity (Wildman–Crippen MR) is 112 cm³/mol. The molecule has 0 bridgehead atoms. The molecule has 1 atom stereocenters. The maximum atomic E-state index is 13.6. The van der Waals surface area contributed by atoms with Crippen LogP contribution in [0.1, 0.15) is 27.6 Å². The maximum absolute atomic E-state index is 13.6. The van der Waals surface area contributed by atoms with E-state index < -0.39 is 17.9 Å². The molecule has 1 unspecified atom stereocenters. The number of halogens is 1. The Kier molecular flexibility index (Phi) is 5.75. The predicted octanol–water partition coefficient (Wildman–Crippen LogP) is 5.01. The zero-order valence-electron chi connectivity index (χ0n) is 15.9. The lowest BCUT2D eigenvalue weighted by atomic mass is 10.0. The van der Waals surface area contributed by atoms with Crippen LogP contribution in [0.15, 0.2) is 97.6 Å². The molecule has 6 heteroatoms. The first-order chi connectivity index (χ1) is 14.7. The lowest BCUT2D eigenvalue weighted by molar-refractivity contribution is 0.0399. The fourth-order valence-corrected chi connectivity index (χ4v) is 3.04. The number of esters is 1. The summed E-state index contributed by atoms with van der Waals surface area (Å²) in [6.07, 6.45) is 4.05. The van der Waals surface area contributed by atoms with E-state index in [9.17, 15) is 9.18 Å². The molecule has 1 heterocycles. The van der Waals surface area contributed by atoms with Gasteiger partial charge in [0.05, 0.1) is 11.3 Å². The van der Waals surface area contributed by atoms with Crippen LogP contribution in [0.4, 0.5) is 4.39 Å². The SMILES string of the molecule is O=C(OC(/C(=C\c1ccccc1)n1cncn1)c1ccccc1)c1cccc(F)c1. The number of hydrogen-bond acceptors (Lipinski definition) is 4. The second kappa shape index (κ2) is 8.96. The molecule has 1 aromatic heterocycles. The second-order valence-corrected chi connectivity index (χ2v) is 6.53. The van der Waals surface area contributed by atoms with Gasteiger partial charge in [-0.1, -0.05) is 66.7 Å². The maximum Gasteiger partial charge on any atom is 0.339 e. The first kappa shape index (κ1) is 19.3. The highest BCUT2D eigenvalue weighted by molar-refractivity contribution is 5.90. The molecule has 0 saturated heterocycles. The van der Waals surface area contributed by atoms with Crippen LogP contribution in [0.25, 0.3) is 11.8 Å². The highest BCUT2D eigenvalue weighted by Gasteiger charge is 2.24. The first-order valence-electron chi connectivity index (χ1n) is 9.34. The number of rotatable bonds is 6. The number of carbonyl (C=O) groups is 1. The van der Waals surface area contributed by atoms with Crippen molar-refractivity contribution in [1.29, 1.82) is 0 Å². The van der Waals surface area contributed by atoms with E-state index in [0.717, 1.165) is 17.2 Å². The topological polar surface area (TPSA) is 57.0 Å². The van der Waals surface area contributed by atoms with Crippen LogP contribution >= 0.6 is 0 Å². The molecule has 0 amide bonds. The summed E-state index contributed by atoms with van der Waals surface area (Å²) in [5.74, 6) is -1.14. The van der Waals surface area contributed by atoms with Gasteiger partial charge in [-0.3, -0.25) is 0 Å². The van der Waals surface area contributed by atoms with Crippen molar-refractivity contribution in [3.8, 4) is 0 Å². The zero-order chi connectivity index (χ0) is 20.8. The normalized spacial score (nSPS) is 12.4. The molecule has 0 aliphatic rings. The van der Waals surface area contributed by atoms with Crippen LogP contribution < -0.4 is 0 Å². The van der Waals surface area contributed by atoms with Crippen LogP contribution in [-0.4, -0.2) is 20.7 Å². The molecule has 4 aromatic rings. The number of nitrogens with zero attached hydrogens (tertiary/aromatic N) is 3. The van der Waals surface area contributed by atoms with Gasteiger partial charge in [-0.25, -0.2) is 18.9 Å². The van der Waals surface area contributed by atoms with Gasteiger partial charge < -0.3 is 4.74 Å². The van der Waals surface area contributed by atoms with Gasteiger partial charge in [0.1, 0.15) is 18.5 Å². The number of carbonyl (C=O) groups excluding carboxylic acids is 1. The smallest absolute Gasteiger partial charge is 0.339 e. The molecule has 0 fully saturated rings. The van der Waals surface area contributed by atoms with E-state index in [0.29, 0.717) is 5.70 Å². The van der Waals surface area contributed by atoms with E-state index in [-0.39, 0.29) is 5.56 Å². The van der Waals surface area contributed by atoms with Gasteiger partial charge in [-0.2, -0.15) is 5.10 Å². The third kappa shape index (κ3) is 4.50. The molecule has 0 N–H and O–H groups in total. The summed E-state index contributed by atoms with van der Waals surface area (Å²) in [5, 5.41) is 4.24. The Morgan fingerprint density at radius 1 is 0.967 bits per heavy atom. The van der Waals surface area contributed by atoms with Crippen molar-refractivity contribution in [2.45, 2.75) is 6.10 Å². The van der Waals surface area contributed by atoms with Crippen LogP contribution in [0.5, 0.6) is 0 Å². The van der Waals surface area contributed by atoms with Gasteiger partial charge in [-0.05, 0) is 35.4 Å². The Bertz CT molecular complexity index is 1140. The summed E-state index contributed by atoms with van der Waals surface area (Å²) in [7, 11) is 0. The van der Waals surface area contributed by atoms with Gasteiger partial charge in [0.25, 0.3) is 0 Å². The van der Waals surface area contributed by atoms with Crippen molar-refractivity contribution in [1.82, 2.24) is 14.8 Å². The molecular weight excluding hydrogens is 381 g/mol. The average molecular weight is 399 g/mol. The van der Waals surface area contributed by atoms with E-state index in [2.05, 4.69) is 10.1 Å². The van der Waals surface area contributed by atoms with Crippen molar-refractivity contribution in [2.24, 2.45) is 0 Å². The van der Waals surface area contributed by atoms with Crippen LogP contribution in [0.2, 0.25) is 0 Å². The molecule has 3 aromatic carbocycles. The molecule has 0 aliphatic carbocycles. The number of hydrogen-bond donors (Lipinski definition) is 0. The standard InChI is InChI=1S/C24H18FN3O2/c25-21-13-7-12-20(15-21)24(29)30-23(19-10-5-2-6-11-19)22(28-17-26-16-27-28)14-18-8-3-1-4-9-18/h1-17,23H/b22-14+. The summed E-state index contributed by atoms with van der Waals surface area (Å²) in [6, 6.07) is 24.4. The Balaban J connectivity index is 1.79. The Labute approximate surface area is 173 Å². The molecule has 0 spiro atoms. The quantitative estimate of drug-likeness (QED) is 0.428. The van der Waals surface area contributed by atoms with Crippen LogP contribution in [0, 0.1) is 5.82 Å². The van der Waals surface area contributed by atoms with Crippen molar-refractivity contribution in [3.63, 3.8) is 0 Å². The van der Waals surface area contributed by atoms with Crippen molar-refractivity contribution >= 4 is 17.7 Å². The fourth-order valence-electron chi connectivity index (χ4n) is 3.04. The number of ether oxygens (including phenoxy) is 1. The van der Waals surface area contributed by atoms with Gasteiger partial charge in [0, 0.05) is 0 Å². The van der Waals surface area contributed by atoms with E-state index in [1.54, 1.807) is 11.0 Å². The Morgan fingerprint density at radius 3 is 2.37 bits per heavy atom. The van der Waals surface area contributed by atoms with Crippen LogP contribution in [-0.2, 0) is 4.74 Å². The summed E-state index contributed by atoms with van der Waals surface area (Å²) >= 11 is 0. The average Bonchev–Trinajstić information content (AvgIpc) is 3.32. The third-order valence-corrected chi connectivity index (χ3v) is 4.45. The van der Waals surface area contributed by atoms with E-state index in [1.807, 2.05) is 66.7 Å². The molecule has 0 aliphatic heterocycles. The van der Waals surface area contributed by atoms with Gasteiger partial charge in [0.15, 0.2) is 6.10 Å². The molecule has 148 valence electrons. The Morgan fingerprint density at radius 2 is 1.70 bits per heavy atom. The molecule has 4 rings (SSSR count). The van der Waals surface area contributed by atoms with Crippen molar-refractivity contribution < 1.29 is 13.9 Å². The lowest BCUT2D eigenvalue weighted by Gasteiger charge is -2.21. The summed E-state index contributed by atoms with van der Waals surface area (Å²) < 4.78 is 21.0. The van der Waals surface area contributed by atoms with Gasteiger partial charge in [-0.15, -0.1) is 0 Å². The Hall–Kier alpha value is -4.06. The van der Waals surface area contributed by atoms with E-state index in [1.165, 1.54) is 24.5 Å².